The zero-order chi connectivity index (χ0) is 16.8. The van der Waals surface area contributed by atoms with E-state index in [1.165, 1.54) is 12.0 Å². The summed E-state index contributed by atoms with van der Waals surface area (Å²) in [5.41, 5.74) is 0.374. The maximum absolute atomic E-state index is 12.8. The fraction of sp³-hybridized carbons (Fsp3) is 0.438. The molecule has 1 aliphatic rings. The van der Waals surface area contributed by atoms with Crippen molar-refractivity contribution >= 4 is 17.8 Å². The molecule has 0 bridgehead atoms. The van der Waals surface area contributed by atoms with Gasteiger partial charge in [-0.15, -0.1) is 0 Å². The van der Waals surface area contributed by atoms with Gasteiger partial charge in [-0.1, -0.05) is 12.1 Å². The second-order valence-electron chi connectivity index (χ2n) is 5.01. The summed E-state index contributed by atoms with van der Waals surface area (Å²) in [6, 6.07) is 5.98. The second kappa shape index (κ2) is 7.62. The standard InChI is InChI=1S/C16H20N2O5/c1-3-23-13-7-5-4-6-11(13)16(21)18-9-8-17-15(20)12(18)10-14(19)22-2/h4-7,12H,3,8-10H2,1-2H3,(H,17,20)/t12-/m0/s1. The predicted octanol–water partition coefficient (Wildman–Crippen LogP) is 0.589. The van der Waals surface area contributed by atoms with Crippen LogP contribution in [0, 0.1) is 0 Å². The summed E-state index contributed by atoms with van der Waals surface area (Å²) in [5, 5.41) is 2.67. The van der Waals surface area contributed by atoms with E-state index in [0.29, 0.717) is 31.0 Å². The van der Waals surface area contributed by atoms with Crippen molar-refractivity contribution in [1.82, 2.24) is 10.2 Å². The highest BCUT2D eigenvalue weighted by Crippen LogP contribution is 2.22. The molecule has 0 aromatic heterocycles. The van der Waals surface area contributed by atoms with Crippen LogP contribution in [0.15, 0.2) is 24.3 Å². The molecule has 124 valence electrons. The highest BCUT2D eigenvalue weighted by Gasteiger charge is 2.36. The molecule has 1 atom stereocenters. The molecule has 1 N–H and O–H groups in total. The van der Waals surface area contributed by atoms with Gasteiger partial charge in [0.05, 0.1) is 25.7 Å². The third kappa shape index (κ3) is 3.80. The normalized spacial score (nSPS) is 17.4. The smallest absolute Gasteiger partial charge is 0.308 e. The molecule has 1 aromatic rings. The van der Waals surface area contributed by atoms with Crippen LogP contribution in [-0.4, -0.2) is 55.5 Å². The average Bonchev–Trinajstić information content (AvgIpc) is 2.56. The Labute approximate surface area is 134 Å². The molecule has 7 heteroatoms. The monoisotopic (exact) mass is 320 g/mol. The van der Waals surface area contributed by atoms with Gasteiger partial charge in [-0.25, -0.2) is 0 Å². The van der Waals surface area contributed by atoms with Gasteiger partial charge in [0.15, 0.2) is 0 Å². The SMILES string of the molecule is CCOc1ccccc1C(=O)N1CCNC(=O)[C@@H]1CC(=O)OC. The quantitative estimate of drug-likeness (QED) is 0.803. The number of nitrogens with zero attached hydrogens (tertiary/aromatic N) is 1. The van der Waals surface area contributed by atoms with E-state index in [9.17, 15) is 14.4 Å². The van der Waals surface area contributed by atoms with Crippen LogP contribution in [0.25, 0.3) is 0 Å². The van der Waals surface area contributed by atoms with Gasteiger partial charge in [-0.2, -0.15) is 0 Å². The van der Waals surface area contributed by atoms with Crippen LogP contribution in [0.4, 0.5) is 0 Å². The molecule has 0 radical (unpaired) electrons. The van der Waals surface area contributed by atoms with Crippen LogP contribution in [0.3, 0.4) is 0 Å². The number of nitrogens with one attached hydrogen (secondary N) is 1. The first kappa shape index (κ1) is 16.8. The first-order valence-electron chi connectivity index (χ1n) is 7.45. The minimum Gasteiger partial charge on any atom is -0.493 e. The third-order valence-electron chi connectivity index (χ3n) is 3.60. The summed E-state index contributed by atoms with van der Waals surface area (Å²) in [7, 11) is 1.25. The molecule has 7 nitrogen and oxygen atoms in total. The van der Waals surface area contributed by atoms with Crippen LogP contribution in [0.5, 0.6) is 5.75 Å². The Morgan fingerprint density at radius 2 is 2.09 bits per heavy atom. The van der Waals surface area contributed by atoms with Gasteiger partial charge >= 0.3 is 5.97 Å². The van der Waals surface area contributed by atoms with Gasteiger partial charge in [0.25, 0.3) is 5.91 Å². The molecule has 0 saturated carbocycles. The average molecular weight is 320 g/mol. The third-order valence-corrected chi connectivity index (χ3v) is 3.60. The van der Waals surface area contributed by atoms with Gasteiger partial charge in [0.2, 0.25) is 5.91 Å². The van der Waals surface area contributed by atoms with Crippen molar-refractivity contribution in [1.29, 1.82) is 0 Å². The Hall–Kier alpha value is -2.57. The molecule has 1 aliphatic heterocycles. The first-order valence-corrected chi connectivity index (χ1v) is 7.45. The summed E-state index contributed by atoms with van der Waals surface area (Å²) < 4.78 is 10.1. The van der Waals surface area contributed by atoms with Gasteiger partial charge < -0.3 is 19.7 Å². The van der Waals surface area contributed by atoms with Crippen LogP contribution >= 0.6 is 0 Å². The molecule has 2 rings (SSSR count). The van der Waals surface area contributed by atoms with Gasteiger partial charge in [0.1, 0.15) is 11.8 Å². The number of hydrogen-bond acceptors (Lipinski definition) is 5. The van der Waals surface area contributed by atoms with E-state index in [1.54, 1.807) is 24.3 Å². The Kier molecular flexibility index (Phi) is 5.56. The van der Waals surface area contributed by atoms with Crippen LogP contribution < -0.4 is 10.1 Å². The molecule has 1 saturated heterocycles. The van der Waals surface area contributed by atoms with Crippen molar-refractivity contribution in [3.63, 3.8) is 0 Å². The Morgan fingerprint density at radius 1 is 1.35 bits per heavy atom. The summed E-state index contributed by atoms with van der Waals surface area (Å²) >= 11 is 0. The Morgan fingerprint density at radius 3 is 2.78 bits per heavy atom. The van der Waals surface area contributed by atoms with E-state index in [-0.39, 0.29) is 18.2 Å². The van der Waals surface area contributed by atoms with Crippen molar-refractivity contribution < 1.29 is 23.9 Å². The molecule has 0 unspecified atom stereocenters. The number of carbonyl (C=O) groups is 3. The van der Waals surface area contributed by atoms with Crippen LogP contribution in [0.1, 0.15) is 23.7 Å². The van der Waals surface area contributed by atoms with E-state index < -0.39 is 12.0 Å². The fourth-order valence-corrected chi connectivity index (χ4v) is 2.48. The van der Waals surface area contributed by atoms with Crippen molar-refractivity contribution in [2.75, 3.05) is 26.8 Å². The van der Waals surface area contributed by atoms with Gasteiger partial charge in [-0.05, 0) is 19.1 Å². The van der Waals surface area contributed by atoms with Crippen molar-refractivity contribution in [2.24, 2.45) is 0 Å². The van der Waals surface area contributed by atoms with Crippen molar-refractivity contribution in [3.8, 4) is 5.75 Å². The fourth-order valence-electron chi connectivity index (χ4n) is 2.48. The van der Waals surface area contributed by atoms with E-state index in [4.69, 9.17) is 4.74 Å². The van der Waals surface area contributed by atoms with Crippen LogP contribution in [0.2, 0.25) is 0 Å². The van der Waals surface area contributed by atoms with E-state index >= 15 is 0 Å². The van der Waals surface area contributed by atoms with E-state index in [1.807, 2.05) is 6.92 Å². The van der Waals surface area contributed by atoms with Crippen molar-refractivity contribution in [2.45, 2.75) is 19.4 Å². The summed E-state index contributed by atoms with van der Waals surface area (Å²) in [5.74, 6) is -0.771. The van der Waals surface area contributed by atoms with Gasteiger partial charge in [-0.3, -0.25) is 14.4 Å². The van der Waals surface area contributed by atoms with E-state index in [0.717, 1.165) is 0 Å². The molecular formula is C16H20N2O5. The zero-order valence-electron chi connectivity index (χ0n) is 13.2. The molecule has 1 fully saturated rings. The lowest BCUT2D eigenvalue weighted by Crippen LogP contribution is -2.57. The number of amides is 2. The highest BCUT2D eigenvalue weighted by atomic mass is 16.5. The van der Waals surface area contributed by atoms with Gasteiger partial charge in [0, 0.05) is 13.1 Å². The Bertz CT molecular complexity index is 602. The second-order valence-corrected chi connectivity index (χ2v) is 5.01. The number of piperazine rings is 1. The lowest BCUT2D eigenvalue weighted by molar-refractivity contribution is -0.145. The molecular weight excluding hydrogens is 300 g/mol. The van der Waals surface area contributed by atoms with E-state index in [2.05, 4.69) is 10.1 Å². The number of hydrogen-bond donors (Lipinski definition) is 1. The summed E-state index contributed by atoms with van der Waals surface area (Å²) in [6.45, 7) is 2.93. The topological polar surface area (TPSA) is 84.9 Å². The largest absolute Gasteiger partial charge is 0.493 e. The van der Waals surface area contributed by atoms with Crippen molar-refractivity contribution in [3.05, 3.63) is 29.8 Å². The molecule has 23 heavy (non-hydrogen) atoms. The molecule has 0 aliphatic carbocycles. The zero-order valence-corrected chi connectivity index (χ0v) is 13.2. The maximum Gasteiger partial charge on any atom is 0.308 e. The lowest BCUT2D eigenvalue weighted by Gasteiger charge is -2.34. The number of rotatable bonds is 5. The summed E-state index contributed by atoms with van der Waals surface area (Å²) in [6.07, 6.45) is -0.176. The number of carbonyl (C=O) groups excluding carboxylic acids is 3. The molecule has 2 amide bonds. The molecule has 0 spiro atoms. The number of ether oxygens (including phenoxy) is 2. The molecule has 1 heterocycles. The number of para-hydroxylation sites is 1. The minimum absolute atomic E-state index is 0.176. The minimum atomic E-state index is -0.876. The number of esters is 1. The highest BCUT2D eigenvalue weighted by molar-refractivity contribution is 6.01. The first-order chi connectivity index (χ1) is 11.1. The number of benzene rings is 1. The van der Waals surface area contributed by atoms with Crippen LogP contribution in [-0.2, 0) is 14.3 Å². The number of methoxy groups -OCH3 is 1. The maximum atomic E-state index is 12.8. The lowest BCUT2D eigenvalue weighted by atomic mass is 10.1. The predicted molar refractivity (Wildman–Crippen MR) is 82.1 cm³/mol. The Balaban J connectivity index is 2.28. The molecule has 1 aromatic carbocycles. The summed E-state index contributed by atoms with van der Waals surface area (Å²) in [4.78, 5) is 37.8.